The molecule has 0 fully saturated rings. The summed E-state index contributed by atoms with van der Waals surface area (Å²) in [6, 6.07) is 7.48. The van der Waals surface area contributed by atoms with Crippen molar-refractivity contribution >= 4 is 34.1 Å². The first-order chi connectivity index (χ1) is 9.63. The van der Waals surface area contributed by atoms with Crippen LogP contribution in [0.25, 0.3) is 16.7 Å². The Morgan fingerprint density at radius 2 is 2.05 bits per heavy atom. The summed E-state index contributed by atoms with van der Waals surface area (Å²) >= 11 is 6.51. The van der Waals surface area contributed by atoms with Gasteiger partial charge in [0.15, 0.2) is 5.65 Å². The molecule has 20 heavy (non-hydrogen) atoms. The molecule has 3 rings (SSSR count). The number of fused-ring (bicyclic) bond motifs is 1. The third-order valence-electron chi connectivity index (χ3n) is 3.30. The lowest BCUT2D eigenvalue weighted by atomic mass is 10.2. The summed E-state index contributed by atoms with van der Waals surface area (Å²) in [5.41, 5.74) is 15.0. The van der Waals surface area contributed by atoms with Gasteiger partial charge in [0.25, 0.3) is 0 Å². The van der Waals surface area contributed by atoms with Crippen LogP contribution < -0.4 is 11.5 Å². The van der Waals surface area contributed by atoms with Crippen LogP contribution in [0.2, 0.25) is 5.15 Å². The van der Waals surface area contributed by atoms with Gasteiger partial charge >= 0.3 is 0 Å². The van der Waals surface area contributed by atoms with E-state index < -0.39 is 0 Å². The second-order valence-electron chi connectivity index (χ2n) is 4.51. The number of hydrogen-bond acceptors (Lipinski definition) is 4. The number of nitrogens with two attached hydrogens (primary N) is 2. The first-order valence-electron chi connectivity index (χ1n) is 6.28. The Hall–Kier alpha value is -2.27. The van der Waals surface area contributed by atoms with Gasteiger partial charge in [-0.1, -0.05) is 24.6 Å². The molecule has 3 aromatic rings. The van der Waals surface area contributed by atoms with Crippen LogP contribution in [0.3, 0.4) is 0 Å². The lowest BCUT2D eigenvalue weighted by Gasteiger charge is -2.07. The highest BCUT2D eigenvalue weighted by Gasteiger charge is 2.19. The highest BCUT2D eigenvalue weighted by atomic mass is 35.5. The third kappa shape index (κ3) is 1.78. The molecule has 0 bridgehead atoms. The van der Waals surface area contributed by atoms with Crippen LogP contribution >= 0.6 is 11.6 Å². The number of benzene rings is 1. The summed E-state index contributed by atoms with van der Waals surface area (Å²) in [5.74, 6) is 0.441. The van der Waals surface area contributed by atoms with Crippen molar-refractivity contribution < 1.29 is 0 Å². The molecule has 0 amide bonds. The van der Waals surface area contributed by atoms with Crippen molar-refractivity contribution in [1.82, 2.24) is 14.5 Å². The standard InChI is InChI=1S/C14H14ClN5/c1-2-10-11-13(17)18-7-19-14(11)20(12(10)15)9-5-3-4-8(16)6-9/h3-7H,2,16H2,1H3,(H2,17,18,19). The van der Waals surface area contributed by atoms with Crippen molar-refractivity contribution in [3.05, 3.63) is 41.3 Å². The predicted octanol–water partition coefficient (Wildman–Crippen LogP) is 2.80. The molecular formula is C14H14ClN5. The molecule has 0 unspecified atom stereocenters. The quantitative estimate of drug-likeness (QED) is 0.710. The molecule has 0 aliphatic carbocycles. The van der Waals surface area contributed by atoms with Crippen molar-refractivity contribution in [1.29, 1.82) is 0 Å². The van der Waals surface area contributed by atoms with Crippen LogP contribution in [0.4, 0.5) is 11.5 Å². The van der Waals surface area contributed by atoms with Gasteiger partial charge in [-0.25, -0.2) is 9.97 Å². The second-order valence-corrected chi connectivity index (χ2v) is 4.87. The second kappa shape index (κ2) is 4.68. The topological polar surface area (TPSA) is 82.8 Å². The van der Waals surface area contributed by atoms with E-state index in [0.717, 1.165) is 23.1 Å². The van der Waals surface area contributed by atoms with Gasteiger partial charge in [-0.3, -0.25) is 4.57 Å². The van der Waals surface area contributed by atoms with E-state index in [9.17, 15) is 0 Å². The van der Waals surface area contributed by atoms with Gasteiger partial charge in [-0.15, -0.1) is 0 Å². The molecule has 6 heteroatoms. The van der Waals surface area contributed by atoms with Gasteiger partial charge in [0, 0.05) is 11.3 Å². The predicted molar refractivity (Wildman–Crippen MR) is 82.1 cm³/mol. The Kier molecular flexibility index (Phi) is 2.99. The number of anilines is 2. The highest BCUT2D eigenvalue weighted by Crippen LogP contribution is 2.34. The Morgan fingerprint density at radius 3 is 2.75 bits per heavy atom. The number of rotatable bonds is 2. The summed E-state index contributed by atoms with van der Waals surface area (Å²) in [7, 11) is 0. The molecule has 4 N–H and O–H groups in total. The number of nitrogen functional groups attached to an aromatic ring is 2. The zero-order valence-corrected chi connectivity index (χ0v) is 11.7. The Balaban J connectivity index is 2.42. The van der Waals surface area contributed by atoms with Crippen LogP contribution in [-0.2, 0) is 6.42 Å². The van der Waals surface area contributed by atoms with Gasteiger partial charge in [-0.2, -0.15) is 0 Å². The molecule has 0 saturated heterocycles. The summed E-state index contributed by atoms with van der Waals surface area (Å²) in [6.45, 7) is 2.02. The Bertz CT molecular complexity index is 794. The van der Waals surface area contributed by atoms with E-state index in [1.54, 1.807) is 0 Å². The van der Waals surface area contributed by atoms with E-state index in [4.69, 9.17) is 23.1 Å². The fourth-order valence-corrected chi connectivity index (χ4v) is 2.81. The average Bonchev–Trinajstić information content (AvgIpc) is 2.71. The first kappa shape index (κ1) is 12.7. The van der Waals surface area contributed by atoms with E-state index in [1.807, 2.05) is 35.8 Å². The fraction of sp³-hybridized carbons (Fsp3) is 0.143. The molecule has 0 aliphatic heterocycles. The Labute approximate surface area is 121 Å². The minimum Gasteiger partial charge on any atom is -0.399 e. The molecule has 0 spiro atoms. The molecule has 2 aromatic heterocycles. The average molecular weight is 288 g/mol. The summed E-state index contributed by atoms with van der Waals surface area (Å²) in [4.78, 5) is 8.38. The molecule has 102 valence electrons. The van der Waals surface area contributed by atoms with Crippen LogP contribution in [-0.4, -0.2) is 14.5 Å². The fourth-order valence-electron chi connectivity index (χ4n) is 2.40. The molecule has 0 atom stereocenters. The van der Waals surface area contributed by atoms with Crippen molar-refractivity contribution in [2.24, 2.45) is 0 Å². The maximum Gasteiger partial charge on any atom is 0.151 e. The van der Waals surface area contributed by atoms with E-state index in [2.05, 4.69) is 9.97 Å². The summed E-state index contributed by atoms with van der Waals surface area (Å²) < 4.78 is 1.85. The SMILES string of the molecule is CCc1c(Cl)n(-c2cccc(N)c2)c2ncnc(N)c12. The van der Waals surface area contributed by atoms with Gasteiger partial charge in [0.1, 0.15) is 17.3 Å². The Morgan fingerprint density at radius 1 is 1.25 bits per heavy atom. The minimum absolute atomic E-state index is 0.441. The largest absolute Gasteiger partial charge is 0.399 e. The maximum atomic E-state index is 6.51. The molecule has 0 saturated carbocycles. The normalized spacial score (nSPS) is 11.1. The van der Waals surface area contributed by atoms with Gasteiger partial charge in [-0.05, 0) is 24.6 Å². The number of halogens is 1. The zero-order chi connectivity index (χ0) is 14.3. The molecular weight excluding hydrogens is 274 g/mol. The number of nitrogens with zero attached hydrogens (tertiary/aromatic N) is 3. The van der Waals surface area contributed by atoms with E-state index >= 15 is 0 Å². The van der Waals surface area contributed by atoms with Gasteiger partial charge in [0.2, 0.25) is 0 Å². The van der Waals surface area contributed by atoms with Crippen molar-refractivity contribution in [3.8, 4) is 5.69 Å². The molecule has 2 heterocycles. The van der Waals surface area contributed by atoms with E-state index in [-0.39, 0.29) is 0 Å². The zero-order valence-electron chi connectivity index (χ0n) is 11.0. The minimum atomic E-state index is 0.441. The van der Waals surface area contributed by atoms with Crippen molar-refractivity contribution in [3.63, 3.8) is 0 Å². The first-order valence-corrected chi connectivity index (χ1v) is 6.66. The van der Waals surface area contributed by atoms with Gasteiger partial charge < -0.3 is 11.5 Å². The number of aryl methyl sites for hydroxylation is 1. The maximum absolute atomic E-state index is 6.51. The van der Waals surface area contributed by atoms with E-state index in [0.29, 0.717) is 22.3 Å². The molecule has 5 nitrogen and oxygen atoms in total. The lowest BCUT2D eigenvalue weighted by Crippen LogP contribution is -1.98. The summed E-state index contributed by atoms with van der Waals surface area (Å²) in [5, 5.41) is 1.41. The van der Waals surface area contributed by atoms with Crippen LogP contribution in [0.5, 0.6) is 0 Å². The van der Waals surface area contributed by atoms with Crippen molar-refractivity contribution in [2.75, 3.05) is 11.5 Å². The van der Waals surface area contributed by atoms with Crippen LogP contribution in [0.1, 0.15) is 12.5 Å². The third-order valence-corrected chi connectivity index (χ3v) is 3.69. The smallest absolute Gasteiger partial charge is 0.151 e. The summed E-state index contributed by atoms with van der Waals surface area (Å²) in [6.07, 6.45) is 2.19. The molecule has 0 radical (unpaired) electrons. The monoisotopic (exact) mass is 287 g/mol. The number of aromatic nitrogens is 3. The highest BCUT2D eigenvalue weighted by molar-refractivity contribution is 6.32. The van der Waals surface area contributed by atoms with Crippen LogP contribution in [0.15, 0.2) is 30.6 Å². The lowest BCUT2D eigenvalue weighted by molar-refractivity contribution is 1.06. The number of hydrogen-bond donors (Lipinski definition) is 2. The molecule has 0 aliphatic rings. The van der Waals surface area contributed by atoms with Gasteiger partial charge in [0.05, 0.1) is 11.1 Å². The van der Waals surface area contributed by atoms with E-state index in [1.165, 1.54) is 6.33 Å². The van der Waals surface area contributed by atoms with Crippen LogP contribution in [0, 0.1) is 0 Å². The van der Waals surface area contributed by atoms with Crippen molar-refractivity contribution in [2.45, 2.75) is 13.3 Å². The molecule has 1 aromatic carbocycles.